The summed E-state index contributed by atoms with van der Waals surface area (Å²) in [6.07, 6.45) is 8.82. The number of carbonyl (C=O) groups is 1. The lowest BCUT2D eigenvalue weighted by molar-refractivity contribution is -0.119. The van der Waals surface area contributed by atoms with E-state index in [-0.39, 0.29) is 0 Å². The molecule has 13 heavy (non-hydrogen) atoms. The quantitative estimate of drug-likeness (QED) is 0.666. The number of allylic oxidation sites excluding steroid dienone is 4. The Kier molecular flexibility index (Phi) is 3.25. The van der Waals surface area contributed by atoms with E-state index in [2.05, 4.69) is 19.1 Å². The van der Waals surface area contributed by atoms with Gasteiger partial charge < -0.3 is 11.5 Å². The Hall–Kier alpha value is -1.09. The van der Waals surface area contributed by atoms with Crippen LogP contribution < -0.4 is 11.5 Å². The second-order valence-corrected chi connectivity index (χ2v) is 3.54. The van der Waals surface area contributed by atoms with Gasteiger partial charge in [0.25, 0.3) is 0 Å². The van der Waals surface area contributed by atoms with E-state index in [1.165, 1.54) is 0 Å². The number of hydrogen-bond acceptors (Lipinski definition) is 2. The van der Waals surface area contributed by atoms with Gasteiger partial charge in [0.15, 0.2) is 0 Å². The summed E-state index contributed by atoms with van der Waals surface area (Å²) in [5, 5.41) is 0. The maximum absolute atomic E-state index is 10.7. The van der Waals surface area contributed by atoms with E-state index in [1.807, 2.05) is 12.2 Å². The van der Waals surface area contributed by atoms with Crippen LogP contribution in [0.3, 0.4) is 0 Å². The molecule has 0 aliphatic heterocycles. The molecule has 0 heterocycles. The molecule has 3 atom stereocenters. The highest BCUT2D eigenvalue weighted by molar-refractivity contribution is 5.79. The van der Waals surface area contributed by atoms with Crippen LogP contribution in [0.15, 0.2) is 24.3 Å². The molecule has 0 radical (unpaired) electrons. The second kappa shape index (κ2) is 4.23. The van der Waals surface area contributed by atoms with Crippen molar-refractivity contribution in [2.24, 2.45) is 23.3 Å². The van der Waals surface area contributed by atoms with Crippen molar-refractivity contribution in [1.29, 1.82) is 0 Å². The third-order valence-corrected chi connectivity index (χ3v) is 2.45. The summed E-state index contributed by atoms with van der Waals surface area (Å²) in [6.45, 7) is 2.11. The maximum Gasteiger partial charge on any atom is 0.234 e. The van der Waals surface area contributed by atoms with Gasteiger partial charge in [-0.05, 0) is 18.3 Å². The number of primary amides is 1. The minimum atomic E-state index is -0.524. The largest absolute Gasteiger partial charge is 0.368 e. The van der Waals surface area contributed by atoms with Crippen molar-refractivity contribution in [2.45, 2.75) is 19.4 Å². The molecule has 0 spiro atoms. The van der Waals surface area contributed by atoms with Crippen LogP contribution in [0.4, 0.5) is 0 Å². The van der Waals surface area contributed by atoms with Gasteiger partial charge in [0.1, 0.15) is 0 Å². The van der Waals surface area contributed by atoms with E-state index in [4.69, 9.17) is 11.5 Å². The summed E-state index contributed by atoms with van der Waals surface area (Å²) >= 11 is 0. The van der Waals surface area contributed by atoms with Crippen molar-refractivity contribution in [3.05, 3.63) is 24.3 Å². The van der Waals surface area contributed by atoms with Crippen LogP contribution in [0.5, 0.6) is 0 Å². The minimum absolute atomic E-state index is 0.340. The molecule has 1 rings (SSSR count). The molecule has 0 aromatic heterocycles. The molecule has 72 valence electrons. The lowest BCUT2D eigenvalue weighted by atomic mass is 9.85. The molecule has 1 amide bonds. The van der Waals surface area contributed by atoms with E-state index in [1.54, 1.807) is 0 Å². The standard InChI is InChI=1S/C10H16N2O/c1-7-4-2-3-5-8(7)6-9(11)10(12)13/h2-5,7-9H,6,11H2,1H3,(H2,12,13). The monoisotopic (exact) mass is 180 g/mol. The third-order valence-electron chi connectivity index (χ3n) is 2.45. The molecule has 3 nitrogen and oxygen atoms in total. The molecule has 1 aliphatic carbocycles. The molecule has 0 fully saturated rings. The second-order valence-electron chi connectivity index (χ2n) is 3.54. The number of nitrogens with two attached hydrogens (primary N) is 2. The molecule has 0 aromatic rings. The molecule has 0 saturated carbocycles. The van der Waals surface area contributed by atoms with Crippen LogP contribution >= 0.6 is 0 Å². The molecular formula is C10H16N2O. The first kappa shape index (κ1) is 9.99. The molecule has 4 N–H and O–H groups in total. The van der Waals surface area contributed by atoms with E-state index >= 15 is 0 Å². The summed E-state index contributed by atoms with van der Waals surface area (Å²) in [5.41, 5.74) is 10.7. The molecule has 3 heteroatoms. The molecule has 1 aliphatic rings. The molecule has 3 unspecified atom stereocenters. The fourth-order valence-electron chi connectivity index (χ4n) is 1.47. The van der Waals surface area contributed by atoms with Gasteiger partial charge in [-0.25, -0.2) is 0 Å². The maximum atomic E-state index is 10.7. The van der Waals surface area contributed by atoms with E-state index in [0.29, 0.717) is 18.3 Å². The number of rotatable bonds is 3. The van der Waals surface area contributed by atoms with E-state index < -0.39 is 11.9 Å². The third kappa shape index (κ3) is 2.70. The predicted octanol–water partition coefficient (Wildman–Crippen LogP) is 0.567. The van der Waals surface area contributed by atoms with Crippen molar-refractivity contribution in [2.75, 3.05) is 0 Å². The molecule has 0 aromatic carbocycles. The fraction of sp³-hybridized carbons (Fsp3) is 0.500. The number of amides is 1. The van der Waals surface area contributed by atoms with Crippen molar-refractivity contribution in [3.63, 3.8) is 0 Å². The van der Waals surface area contributed by atoms with Gasteiger partial charge in [-0.1, -0.05) is 31.2 Å². The Balaban J connectivity index is 2.49. The van der Waals surface area contributed by atoms with E-state index in [0.717, 1.165) is 0 Å². The first-order chi connectivity index (χ1) is 6.11. The molecule has 0 saturated heterocycles. The highest BCUT2D eigenvalue weighted by Crippen LogP contribution is 2.22. The number of hydrogen-bond donors (Lipinski definition) is 2. The molecule has 0 bridgehead atoms. The van der Waals surface area contributed by atoms with Gasteiger partial charge in [-0.3, -0.25) is 4.79 Å². The summed E-state index contributed by atoms with van der Waals surface area (Å²) in [6, 6.07) is -0.524. The Labute approximate surface area is 78.5 Å². The fourth-order valence-corrected chi connectivity index (χ4v) is 1.47. The first-order valence-electron chi connectivity index (χ1n) is 4.51. The van der Waals surface area contributed by atoms with Gasteiger partial charge in [0, 0.05) is 0 Å². The van der Waals surface area contributed by atoms with E-state index in [9.17, 15) is 4.79 Å². The van der Waals surface area contributed by atoms with Crippen molar-refractivity contribution in [3.8, 4) is 0 Å². The van der Waals surface area contributed by atoms with Gasteiger partial charge >= 0.3 is 0 Å². The Morgan fingerprint density at radius 3 is 2.62 bits per heavy atom. The zero-order valence-corrected chi connectivity index (χ0v) is 7.81. The summed E-state index contributed by atoms with van der Waals surface area (Å²) in [5.74, 6) is 0.359. The van der Waals surface area contributed by atoms with Crippen molar-refractivity contribution < 1.29 is 4.79 Å². The number of carbonyl (C=O) groups excluding carboxylic acids is 1. The Morgan fingerprint density at radius 1 is 1.46 bits per heavy atom. The van der Waals surface area contributed by atoms with Gasteiger partial charge in [0.05, 0.1) is 6.04 Å². The van der Waals surface area contributed by atoms with Crippen LogP contribution in [0, 0.1) is 11.8 Å². The summed E-state index contributed by atoms with van der Waals surface area (Å²) in [4.78, 5) is 10.7. The highest BCUT2D eigenvalue weighted by atomic mass is 16.1. The average molecular weight is 180 g/mol. The predicted molar refractivity (Wildman–Crippen MR) is 52.7 cm³/mol. The Bertz CT molecular complexity index is 245. The average Bonchev–Trinajstić information content (AvgIpc) is 2.08. The van der Waals surface area contributed by atoms with Crippen LogP contribution in [-0.2, 0) is 4.79 Å². The van der Waals surface area contributed by atoms with Gasteiger partial charge in [-0.15, -0.1) is 0 Å². The lowest BCUT2D eigenvalue weighted by Gasteiger charge is -2.22. The lowest BCUT2D eigenvalue weighted by Crippen LogP contribution is -2.38. The minimum Gasteiger partial charge on any atom is -0.368 e. The SMILES string of the molecule is CC1C=CC=CC1CC(N)C(N)=O. The highest BCUT2D eigenvalue weighted by Gasteiger charge is 2.19. The zero-order valence-electron chi connectivity index (χ0n) is 7.81. The van der Waals surface area contributed by atoms with Crippen LogP contribution in [0.25, 0.3) is 0 Å². The Morgan fingerprint density at radius 2 is 2.08 bits per heavy atom. The van der Waals surface area contributed by atoms with Crippen LogP contribution in [0.2, 0.25) is 0 Å². The van der Waals surface area contributed by atoms with Crippen LogP contribution in [0.1, 0.15) is 13.3 Å². The van der Waals surface area contributed by atoms with Crippen molar-refractivity contribution >= 4 is 5.91 Å². The summed E-state index contributed by atoms with van der Waals surface area (Å²) in [7, 11) is 0. The zero-order chi connectivity index (χ0) is 9.84. The van der Waals surface area contributed by atoms with Gasteiger partial charge in [0.2, 0.25) is 5.91 Å². The smallest absolute Gasteiger partial charge is 0.234 e. The topological polar surface area (TPSA) is 69.1 Å². The van der Waals surface area contributed by atoms with Crippen LogP contribution in [-0.4, -0.2) is 11.9 Å². The normalized spacial score (nSPS) is 28.8. The van der Waals surface area contributed by atoms with Crippen molar-refractivity contribution in [1.82, 2.24) is 0 Å². The van der Waals surface area contributed by atoms with Gasteiger partial charge in [-0.2, -0.15) is 0 Å². The molecular weight excluding hydrogens is 164 g/mol. The first-order valence-corrected chi connectivity index (χ1v) is 4.51. The summed E-state index contributed by atoms with van der Waals surface area (Å²) < 4.78 is 0.